The van der Waals surface area contributed by atoms with Crippen LogP contribution < -0.4 is 10.0 Å². The lowest BCUT2D eigenvalue weighted by Crippen LogP contribution is -2.55. The highest BCUT2D eigenvalue weighted by Gasteiger charge is 2.32. The molecule has 5 nitrogen and oxygen atoms in total. The lowest BCUT2D eigenvalue weighted by molar-refractivity contribution is 0.259. The zero-order valence-corrected chi connectivity index (χ0v) is 12.8. The second-order valence-corrected chi connectivity index (χ2v) is 7.59. The maximum atomic E-state index is 12.4. The summed E-state index contributed by atoms with van der Waals surface area (Å²) in [6.07, 6.45) is 2.82. The Morgan fingerprint density at radius 1 is 1.39 bits per heavy atom. The Kier molecular flexibility index (Phi) is 5.58. The van der Waals surface area contributed by atoms with E-state index in [4.69, 9.17) is 0 Å². The maximum absolute atomic E-state index is 12.4. The molecule has 1 atom stereocenters. The van der Waals surface area contributed by atoms with Gasteiger partial charge in [-0.05, 0) is 46.6 Å². The summed E-state index contributed by atoms with van der Waals surface area (Å²) in [4.78, 5) is 0. The molecular formula is C12H27N3O2S. The molecule has 1 unspecified atom stereocenters. The molecule has 108 valence electrons. The molecule has 1 aliphatic heterocycles. The summed E-state index contributed by atoms with van der Waals surface area (Å²) in [6.45, 7) is 9.94. The molecule has 0 spiro atoms. The van der Waals surface area contributed by atoms with Crippen molar-refractivity contribution in [1.82, 2.24) is 14.3 Å². The smallest absolute Gasteiger partial charge is 0.280 e. The Bertz CT molecular complexity index is 343. The first-order valence-corrected chi connectivity index (χ1v) is 8.22. The normalized spacial score (nSPS) is 22.4. The molecule has 0 radical (unpaired) electrons. The van der Waals surface area contributed by atoms with Gasteiger partial charge < -0.3 is 5.32 Å². The van der Waals surface area contributed by atoms with Crippen LogP contribution in [-0.4, -0.2) is 43.9 Å². The molecule has 1 aliphatic rings. The van der Waals surface area contributed by atoms with Crippen molar-refractivity contribution in [2.45, 2.75) is 58.5 Å². The fourth-order valence-corrected chi connectivity index (χ4v) is 4.13. The van der Waals surface area contributed by atoms with Gasteiger partial charge in [0.15, 0.2) is 0 Å². The molecule has 1 heterocycles. The Morgan fingerprint density at radius 2 is 2.06 bits per heavy atom. The topological polar surface area (TPSA) is 61.4 Å². The van der Waals surface area contributed by atoms with Crippen LogP contribution in [0.25, 0.3) is 0 Å². The minimum absolute atomic E-state index is 0.0820. The molecule has 0 aromatic rings. The van der Waals surface area contributed by atoms with Crippen LogP contribution in [0.4, 0.5) is 0 Å². The van der Waals surface area contributed by atoms with Crippen LogP contribution in [0.1, 0.15) is 47.0 Å². The molecule has 0 bridgehead atoms. The number of hydrogen-bond acceptors (Lipinski definition) is 3. The van der Waals surface area contributed by atoms with Crippen molar-refractivity contribution in [3.8, 4) is 0 Å². The first-order chi connectivity index (χ1) is 8.26. The van der Waals surface area contributed by atoms with E-state index in [9.17, 15) is 8.42 Å². The molecule has 2 N–H and O–H groups in total. The van der Waals surface area contributed by atoms with Gasteiger partial charge in [0.2, 0.25) is 0 Å². The van der Waals surface area contributed by atoms with E-state index < -0.39 is 15.7 Å². The van der Waals surface area contributed by atoms with E-state index in [0.29, 0.717) is 6.54 Å². The van der Waals surface area contributed by atoms with Crippen LogP contribution >= 0.6 is 0 Å². The lowest BCUT2D eigenvalue weighted by atomic mass is 10.1. The van der Waals surface area contributed by atoms with Crippen molar-refractivity contribution in [1.29, 1.82) is 0 Å². The number of nitrogens with zero attached hydrogens (tertiary/aromatic N) is 1. The summed E-state index contributed by atoms with van der Waals surface area (Å²) in [7, 11) is -3.40. The van der Waals surface area contributed by atoms with Gasteiger partial charge in [0.05, 0.1) is 0 Å². The van der Waals surface area contributed by atoms with Gasteiger partial charge in [-0.25, -0.2) is 0 Å². The van der Waals surface area contributed by atoms with Crippen molar-refractivity contribution < 1.29 is 8.42 Å². The summed E-state index contributed by atoms with van der Waals surface area (Å²) in [5.41, 5.74) is -0.438. The Balaban J connectivity index is 2.82. The molecule has 1 saturated heterocycles. The van der Waals surface area contributed by atoms with Crippen LogP contribution in [0, 0.1) is 0 Å². The quantitative estimate of drug-likeness (QED) is 0.790. The maximum Gasteiger partial charge on any atom is 0.280 e. The molecular weight excluding hydrogens is 250 g/mol. The van der Waals surface area contributed by atoms with E-state index in [2.05, 4.69) is 10.0 Å². The molecule has 0 aliphatic carbocycles. The largest absolute Gasteiger partial charge is 0.315 e. The molecule has 1 fully saturated rings. The van der Waals surface area contributed by atoms with Gasteiger partial charge in [-0.2, -0.15) is 17.4 Å². The predicted molar refractivity (Wildman–Crippen MR) is 74.7 cm³/mol. The summed E-state index contributed by atoms with van der Waals surface area (Å²) in [6, 6.07) is 0.0820. The monoisotopic (exact) mass is 277 g/mol. The zero-order chi connectivity index (χ0) is 13.8. The summed E-state index contributed by atoms with van der Waals surface area (Å²) >= 11 is 0. The van der Waals surface area contributed by atoms with E-state index in [0.717, 1.165) is 32.4 Å². The van der Waals surface area contributed by atoms with E-state index in [-0.39, 0.29) is 6.04 Å². The predicted octanol–water partition coefficient (Wildman–Crippen LogP) is 1.08. The molecule has 0 aromatic heterocycles. The third-order valence-corrected chi connectivity index (χ3v) is 4.83. The van der Waals surface area contributed by atoms with Gasteiger partial charge in [0, 0.05) is 24.7 Å². The third kappa shape index (κ3) is 4.84. The average molecular weight is 277 g/mol. The van der Waals surface area contributed by atoms with Gasteiger partial charge in [0.1, 0.15) is 0 Å². The molecule has 1 rings (SSSR count). The minimum Gasteiger partial charge on any atom is -0.315 e. The number of piperidine rings is 1. The fraction of sp³-hybridized carbons (Fsp3) is 1.00. The van der Waals surface area contributed by atoms with Gasteiger partial charge in [-0.3, -0.25) is 0 Å². The zero-order valence-electron chi connectivity index (χ0n) is 12.0. The second kappa shape index (κ2) is 6.32. The Labute approximate surface area is 112 Å². The highest BCUT2D eigenvalue weighted by molar-refractivity contribution is 7.87. The van der Waals surface area contributed by atoms with Crippen LogP contribution in [0.5, 0.6) is 0 Å². The van der Waals surface area contributed by atoms with E-state index in [1.165, 1.54) is 0 Å². The third-order valence-electron chi connectivity index (χ3n) is 2.87. The average Bonchev–Trinajstić information content (AvgIpc) is 2.23. The van der Waals surface area contributed by atoms with Crippen LogP contribution in [0.15, 0.2) is 0 Å². The van der Waals surface area contributed by atoms with Crippen molar-refractivity contribution in [3.05, 3.63) is 0 Å². The fourth-order valence-electron chi connectivity index (χ4n) is 2.24. The van der Waals surface area contributed by atoms with E-state index in [1.54, 1.807) is 4.31 Å². The Hall–Kier alpha value is -0.170. The number of rotatable bonds is 5. The van der Waals surface area contributed by atoms with Gasteiger partial charge in [-0.1, -0.05) is 6.92 Å². The molecule has 18 heavy (non-hydrogen) atoms. The van der Waals surface area contributed by atoms with Crippen LogP contribution in [0.2, 0.25) is 0 Å². The molecule has 0 saturated carbocycles. The standard InChI is InChI=1S/C12H27N3O2S/c1-5-9-15(11-7-6-8-13-10-11)18(16,17)14-12(2,3)4/h11,13-14H,5-10H2,1-4H3. The first-order valence-electron chi connectivity index (χ1n) is 6.78. The Morgan fingerprint density at radius 3 is 2.50 bits per heavy atom. The lowest BCUT2D eigenvalue weighted by Gasteiger charge is -2.35. The van der Waals surface area contributed by atoms with Crippen molar-refractivity contribution >= 4 is 10.2 Å². The first kappa shape index (κ1) is 15.9. The minimum atomic E-state index is -3.40. The summed E-state index contributed by atoms with van der Waals surface area (Å²) in [5, 5.41) is 3.27. The van der Waals surface area contributed by atoms with Crippen molar-refractivity contribution in [2.24, 2.45) is 0 Å². The highest BCUT2D eigenvalue weighted by Crippen LogP contribution is 2.16. The molecule has 0 aromatic carbocycles. The summed E-state index contributed by atoms with van der Waals surface area (Å²) in [5.74, 6) is 0. The second-order valence-electron chi connectivity index (χ2n) is 5.97. The number of nitrogens with one attached hydrogen (secondary N) is 2. The number of hydrogen-bond donors (Lipinski definition) is 2. The van der Waals surface area contributed by atoms with Crippen LogP contribution in [-0.2, 0) is 10.2 Å². The van der Waals surface area contributed by atoms with Crippen molar-refractivity contribution in [2.75, 3.05) is 19.6 Å². The van der Waals surface area contributed by atoms with Gasteiger partial charge in [0.25, 0.3) is 10.2 Å². The van der Waals surface area contributed by atoms with E-state index in [1.807, 2.05) is 27.7 Å². The highest BCUT2D eigenvalue weighted by atomic mass is 32.2. The van der Waals surface area contributed by atoms with Gasteiger partial charge in [-0.15, -0.1) is 0 Å². The van der Waals surface area contributed by atoms with Crippen LogP contribution in [0.3, 0.4) is 0 Å². The SMILES string of the molecule is CCCN(C1CCCNC1)S(=O)(=O)NC(C)(C)C. The van der Waals surface area contributed by atoms with Crippen molar-refractivity contribution in [3.63, 3.8) is 0 Å². The molecule has 0 amide bonds. The van der Waals surface area contributed by atoms with Gasteiger partial charge >= 0.3 is 0 Å². The van der Waals surface area contributed by atoms with E-state index >= 15 is 0 Å². The molecule has 6 heteroatoms. The summed E-state index contributed by atoms with van der Waals surface area (Å²) < 4.78 is 29.2.